The Morgan fingerprint density at radius 1 is 1.00 bits per heavy atom. The van der Waals surface area contributed by atoms with Gasteiger partial charge in [-0.25, -0.2) is 4.79 Å². The summed E-state index contributed by atoms with van der Waals surface area (Å²) in [5.74, 6) is 0. The van der Waals surface area contributed by atoms with Gasteiger partial charge in [0.1, 0.15) is 0 Å². The van der Waals surface area contributed by atoms with E-state index in [-0.39, 0.29) is 6.03 Å². The minimum atomic E-state index is -0.215. The zero-order chi connectivity index (χ0) is 14.4. The average molecular weight is 354 g/mol. The highest BCUT2D eigenvalue weighted by atomic mass is 79.9. The van der Waals surface area contributed by atoms with Gasteiger partial charge in [0.25, 0.3) is 0 Å². The predicted molar refractivity (Wildman–Crippen MR) is 84.7 cm³/mol. The van der Waals surface area contributed by atoms with Crippen LogP contribution in [0.2, 0.25) is 5.02 Å². The third kappa shape index (κ3) is 4.54. The molecule has 2 N–H and O–H groups in total. The standard InChI is InChI=1S/C15H14BrClN2O/c16-13-7-5-11(6-8-13)9-18-15(20)19-10-12-3-1-2-4-14(12)17/h1-8H,9-10H2,(H2,18,19,20). The fourth-order valence-corrected chi connectivity index (χ4v) is 2.13. The quantitative estimate of drug-likeness (QED) is 0.853. The van der Waals surface area contributed by atoms with Gasteiger partial charge in [-0.3, -0.25) is 0 Å². The molecule has 0 saturated carbocycles. The molecule has 0 radical (unpaired) electrons. The number of carbonyl (C=O) groups is 1. The third-order valence-corrected chi connectivity index (χ3v) is 3.66. The van der Waals surface area contributed by atoms with Gasteiger partial charge < -0.3 is 10.6 Å². The summed E-state index contributed by atoms with van der Waals surface area (Å²) in [6, 6.07) is 15.0. The second-order valence-corrected chi connectivity index (χ2v) is 5.58. The summed E-state index contributed by atoms with van der Waals surface area (Å²) in [6.45, 7) is 0.896. The Balaban J connectivity index is 1.78. The van der Waals surface area contributed by atoms with E-state index in [0.29, 0.717) is 18.1 Å². The molecule has 0 atom stereocenters. The molecule has 2 rings (SSSR count). The molecule has 0 heterocycles. The highest BCUT2D eigenvalue weighted by Gasteiger charge is 2.03. The SMILES string of the molecule is O=C(NCc1ccc(Br)cc1)NCc1ccccc1Cl. The molecule has 20 heavy (non-hydrogen) atoms. The normalized spacial score (nSPS) is 10.1. The van der Waals surface area contributed by atoms with Crippen LogP contribution in [0.3, 0.4) is 0 Å². The van der Waals surface area contributed by atoms with Crippen LogP contribution in [0, 0.1) is 0 Å². The Bertz CT molecular complexity index is 587. The molecule has 0 aliphatic carbocycles. The lowest BCUT2D eigenvalue weighted by molar-refractivity contribution is 0.240. The van der Waals surface area contributed by atoms with E-state index in [2.05, 4.69) is 26.6 Å². The van der Waals surface area contributed by atoms with Crippen molar-refractivity contribution in [3.63, 3.8) is 0 Å². The molecule has 0 saturated heterocycles. The van der Waals surface area contributed by atoms with Crippen LogP contribution in [0.5, 0.6) is 0 Å². The van der Waals surface area contributed by atoms with Gasteiger partial charge in [0.2, 0.25) is 0 Å². The fraction of sp³-hybridized carbons (Fsp3) is 0.133. The summed E-state index contributed by atoms with van der Waals surface area (Å²) >= 11 is 9.39. The lowest BCUT2D eigenvalue weighted by Gasteiger charge is -2.09. The van der Waals surface area contributed by atoms with Gasteiger partial charge in [0.15, 0.2) is 0 Å². The van der Waals surface area contributed by atoms with Crippen LogP contribution in [0.4, 0.5) is 4.79 Å². The molecule has 0 bridgehead atoms. The van der Waals surface area contributed by atoms with Crippen molar-refractivity contribution in [3.8, 4) is 0 Å². The van der Waals surface area contributed by atoms with Crippen LogP contribution in [0.1, 0.15) is 11.1 Å². The van der Waals surface area contributed by atoms with Crippen molar-refractivity contribution in [2.24, 2.45) is 0 Å². The maximum Gasteiger partial charge on any atom is 0.315 e. The second kappa shape index (κ2) is 7.31. The van der Waals surface area contributed by atoms with Crippen molar-refractivity contribution >= 4 is 33.6 Å². The fourth-order valence-electron chi connectivity index (χ4n) is 1.66. The smallest absolute Gasteiger partial charge is 0.315 e. The van der Waals surface area contributed by atoms with E-state index >= 15 is 0 Å². The zero-order valence-corrected chi connectivity index (χ0v) is 13.0. The topological polar surface area (TPSA) is 41.1 Å². The molecular weight excluding hydrogens is 340 g/mol. The van der Waals surface area contributed by atoms with Crippen LogP contribution in [-0.4, -0.2) is 6.03 Å². The number of rotatable bonds is 4. The minimum Gasteiger partial charge on any atom is -0.334 e. The van der Waals surface area contributed by atoms with Crippen molar-refractivity contribution < 1.29 is 4.79 Å². The highest BCUT2D eigenvalue weighted by molar-refractivity contribution is 9.10. The molecule has 0 aliphatic rings. The van der Waals surface area contributed by atoms with E-state index in [4.69, 9.17) is 11.6 Å². The van der Waals surface area contributed by atoms with Crippen LogP contribution in [0.25, 0.3) is 0 Å². The van der Waals surface area contributed by atoms with Crippen molar-refractivity contribution in [2.45, 2.75) is 13.1 Å². The monoisotopic (exact) mass is 352 g/mol. The first-order valence-electron chi connectivity index (χ1n) is 6.15. The number of nitrogens with one attached hydrogen (secondary N) is 2. The first kappa shape index (κ1) is 14.9. The zero-order valence-electron chi connectivity index (χ0n) is 10.7. The van der Waals surface area contributed by atoms with Gasteiger partial charge in [-0.2, -0.15) is 0 Å². The molecule has 0 aliphatic heterocycles. The summed E-state index contributed by atoms with van der Waals surface area (Å²) in [5, 5.41) is 6.23. The minimum absolute atomic E-state index is 0.215. The van der Waals surface area contributed by atoms with E-state index in [1.807, 2.05) is 42.5 Å². The Labute approximate surface area is 131 Å². The van der Waals surface area contributed by atoms with Crippen LogP contribution in [-0.2, 0) is 13.1 Å². The van der Waals surface area contributed by atoms with Gasteiger partial charge in [-0.1, -0.05) is 57.9 Å². The first-order chi connectivity index (χ1) is 9.65. The number of halogens is 2. The van der Waals surface area contributed by atoms with E-state index in [9.17, 15) is 4.79 Å². The highest BCUT2D eigenvalue weighted by Crippen LogP contribution is 2.14. The van der Waals surface area contributed by atoms with Crippen molar-refractivity contribution in [2.75, 3.05) is 0 Å². The summed E-state index contributed by atoms with van der Waals surface area (Å²) in [7, 11) is 0. The summed E-state index contributed by atoms with van der Waals surface area (Å²) in [6.07, 6.45) is 0. The average Bonchev–Trinajstić information content (AvgIpc) is 2.46. The van der Waals surface area contributed by atoms with Gasteiger partial charge >= 0.3 is 6.03 Å². The van der Waals surface area contributed by atoms with Gasteiger partial charge in [-0.15, -0.1) is 0 Å². The van der Waals surface area contributed by atoms with Crippen molar-refractivity contribution in [1.29, 1.82) is 0 Å². The van der Waals surface area contributed by atoms with E-state index in [0.717, 1.165) is 15.6 Å². The molecule has 2 aromatic carbocycles. The maximum atomic E-state index is 11.7. The van der Waals surface area contributed by atoms with Gasteiger partial charge in [0.05, 0.1) is 0 Å². The van der Waals surface area contributed by atoms with Crippen LogP contribution < -0.4 is 10.6 Å². The Kier molecular flexibility index (Phi) is 5.44. The molecule has 0 unspecified atom stereocenters. The molecule has 0 spiro atoms. The van der Waals surface area contributed by atoms with Crippen molar-refractivity contribution in [1.82, 2.24) is 10.6 Å². The second-order valence-electron chi connectivity index (χ2n) is 4.25. The maximum absolute atomic E-state index is 11.7. The molecule has 2 aromatic rings. The molecular formula is C15H14BrClN2O. The number of benzene rings is 2. The lowest BCUT2D eigenvalue weighted by Crippen LogP contribution is -2.34. The summed E-state index contributed by atoms with van der Waals surface area (Å²) in [4.78, 5) is 11.7. The van der Waals surface area contributed by atoms with Gasteiger partial charge in [-0.05, 0) is 29.3 Å². The number of amides is 2. The first-order valence-corrected chi connectivity index (χ1v) is 7.32. The number of hydrogen-bond acceptors (Lipinski definition) is 1. The summed E-state index contributed by atoms with van der Waals surface area (Å²) in [5.41, 5.74) is 1.94. The van der Waals surface area contributed by atoms with E-state index in [1.54, 1.807) is 6.07 Å². The third-order valence-electron chi connectivity index (χ3n) is 2.76. The predicted octanol–water partition coefficient (Wildman–Crippen LogP) is 4.10. The number of urea groups is 1. The molecule has 0 aromatic heterocycles. The summed E-state index contributed by atoms with van der Waals surface area (Å²) < 4.78 is 1.02. The Hall–Kier alpha value is -1.52. The molecule has 2 amide bonds. The molecule has 5 heteroatoms. The van der Waals surface area contributed by atoms with E-state index in [1.165, 1.54) is 0 Å². The van der Waals surface area contributed by atoms with Gasteiger partial charge in [0, 0.05) is 22.6 Å². The Morgan fingerprint density at radius 3 is 2.35 bits per heavy atom. The van der Waals surface area contributed by atoms with Crippen LogP contribution in [0.15, 0.2) is 53.0 Å². The lowest BCUT2D eigenvalue weighted by atomic mass is 10.2. The molecule has 0 fully saturated rings. The number of carbonyl (C=O) groups excluding carboxylic acids is 1. The molecule has 104 valence electrons. The number of hydrogen-bond donors (Lipinski definition) is 2. The van der Waals surface area contributed by atoms with Crippen molar-refractivity contribution in [3.05, 3.63) is 69.2 Å². The van der Waals surface area contributed by atoms with E-state index < -0.39 is 0 Å². The molecule has 3 nitrogen and oxygen atoms in total. The van der Waals surface area contributed by atoms with Crippen LogP contribution >= 0.6 is 27.5 Å². The largest absolute Gasteiger partial charge is 0.334 e. The Morgan fingerprint density at radius 2 is 1.65 bits per heavy atom.